The highest BCUT2D eigenvalue weighted by Crippen LogP contribution is 2.05. The number of carbonyl (C=O) groups is 4. The quantitative estimate of drug-likeness (QED) is 0.287. The molecular formula is C18H26N2O8. The summed E-state index contributed by atoms with van der Waals surface area (Å²) in [5.74, 6) is -4.08. The van der Waals surface area contributed by atoms with Crippen LogP contribution in [0, 0.1) is 0 Å². The molecular weight excluding hydrogens is 372 g/mol. The van der Waals surface area contributed by atoms with E-state index in [9.17, 15) is 19.2 Å². The lowest BCUT2D eigenvalue weighted by molar-refractivity contribution is -0.141. The van der Waals surface area contributed by atoms with Crippen LogP contribution in [0.25, 0.3) is 0 Å². The minimum Gasteiger partial charge on any atom is -0.481 e. The maximum Gasteiger partial charge on any atom is 0.320 e. The summed E-state index contributed by atoms with van der Waals surface area (Å²) in [4.78, 5) is 41.2. The number of nitrogens with two attached hydrogens (primary N) is 1. The van der Waals surface area contributed by atoms with Crippen LogP contribution in [-0.2, 0) is 25.6 Å². The molecule has 0 radical (unpaired) electrons. The van der Waals surface area contributed by atoms with Gasteiger partial charge in [0.25, 0.3) is 0 Å². The molecule has 1 aromatic rings. The molecule has 0 bridgehead atoms. The van der Waals surface area contributed by atoms with E-state index in [4.69, 9.17) is 26.2 Å². The van der Waals surface area contributed by atoms with Crippen LogP contribution in [0.3, 0.4) is 0 Å². The van der Waals surface area contributed by atoms with E-state index in [1.165, 1.54) is 0 Å². The predicted molar refractivity (Wildman–Crippen MR) is 98.9 cm³/mol. The van der Waals surface area contributed by atoms with Gasteiger partial charge in [0, 0.05) is 13.0 Å². The van der Waals surface area contributed by atoms with Gasteiger partial charge >= 0.3 is 23.9 Å². The molecule has 0 unspecified atom stereocenters. The maximum atomic E-state index is 11.0. The number of nitrogens with one attached hydrogen (secondary N) is 1. The molecule has 0 saturated heterocycles. The fourth-order valence-corrected chi connectivity index (χ4v) is 2.02. The van der Waals surface area contributed by atoms with Gasteiger partial charge in [0.05, 0.1) is 6.42 Å². The van der Waals surface area contributed by atoms with Gasteiger partial charge in [-0.05, 0) is 24.8 Å². The van der Waals surface area contributed by atoms with Gasteiger partial charge in [-0.1, -0.05) is 30.3 Å². The third-order valence-corrected chi connectivity index (χ3v) is 3.58. The van der Waals surface area contributed by atoms with Crippen molar-refractivity contribution in [1.29, 1.82) is 0 Å². The molecule has 0 saturated carbocycles. The van der Waals surface area contributed by atoms with E-state index in [-0.39, 0.29) is 25.8 Å². The van der Waals surface area contributed by atoms with Gasteiger partial charge in [0.2, 0.25) is 0 Å². The minimum absolute atomic E-state index is 0.0231. The second-order valence-corrected chi connectivity index (χ2v) is 5.89. The van der Waals surface area contributed by atoms with E-state index >= 15 is 0 Å². The largest absolute Gasteiger partial charge is 0.481 e. The van der Waals surface area contributed by atoms with Gasteiger partial charge in [0.15, 0.2) is 0 Å². The lowest BCUT2D eigenvalue weighted by atomic mass is 10.1. The molecule has 0 aliphatic rings. The van der Waals surface area contributed by atoms with E-state index in [2.05, 4.69) is 5.32 Å². The van der Waals surface area contributed by atoms with Crippen molar-refractivity contribution >= 4 is 23.9 Å². The minimum atomic E-state index is -1.17. The third kappa shape index (κ3) is 13.3. The van der Waals surface area contributed by atoms with Crippen molar-refractivity contribution in [3.8, 4) is 0 Å². The van der Waals surface area contributed by atoms with Crippen molar-refractivity contribution < 1.29 is 39.6 Å². The fourth-order valence-electron chi connectivity index (χ4n) is 2.02. The topological polar surface area (TPSA) is 187 Å². The smallest absolute Gasteiger partial charge is 0.320 e. The molecule has 1 aromatic carbocycles. The highest BCUT2D eigenvalue weighted by Gasteiger charge is 2.16. The van der Waals surface area contributed by atoms with Crippen LogP contribution in [-0.4, -0.2) is 62.9 Å². The van der Waals surface area contributed by atoms with E-state index < -0.39 is 36.0 Å². The number of hydrogen-bond acceptors (Lipinski definition) is 6. The number of aryl methyl sites for hydroxylation is 1. The average Bonchev–Trinajstić information content (AvgIpc) is 2.63. The van der Waals surface area contributed by atoms with E-state index in [0.717, 1.165) is 5.56 Å². The van der Waals surface area contributed by atoms with Crippen LogP contribution in [0.5, 0.6) is 0 Å². The molecule has 10 nitrogen and oxygen atoms in total. The van der Waals surface area contributed by atoms with Gasteiger partial charge < -0.3 is 31.5 Å². The SMILES string of the molecule is N[C@@H](CCC(=O)O)C(=O)O.O=C(O)CCN[C@H](CCc1ccccc1)C(=O)O. The summed E-state index contributed by atoms with van der Waals surface area (Å²) in [6, 6.07) is 7.84. The Bertz CT molecular complexity index is 636. The first-order valence-corrected chi connectivity index (χ1v) is 8.55. The number of carboxylic acid groups (broad SMARTS) is 4. The van der Waals surface area contributed by atoms with Crippen molar-refractivity contribution in [3.63, 3.8) is 0 Å². The summed E-state index contributed by atoms with van der Waals surface area (Å²) in [5.41, 5.74) is 6.07. The van der Waals surface area contributed by atoms with Crippen LogP contribution >= 0.6 is 0 Å². The van der Waals surface area contributed by atoms with Gasteiger partial charge in [-0.3, -0.25) is 19.2 Å². The molecule has 0 aliphatic heterocycles. The lowest BCUT2D eigenvalue weighted by Crippen LogP contribution is -2.38. The Labute approximate surface area is 162 Å². The van der Waals surface area contributed by atoms with E-state index in [0.29, 0.717) is 12.8 Å². The molecule has 1 rings (SSSR count). The van der Waals surface area contributed by atoms with Gasteiger partial charge in [-0.15, -0.1) is 0 Å². The standard InChI is InChI=1S/C13H17NO4.C5H9NO4/c15-12(16)8-9-14-11(13(17)18)7-6-10-4-2-1-3-5-10;6-3(5(9)10)1-2-4(7)8/h1-5,11,14H,6-9H2,(H,15,16)(H,17,18);3H,1-2,6H2,(H,7,8)(H,9,10)/t11-;3-/m10/s1. The van der Waals surface area contributed by atoms with Crippen LogP contribution in [0.1, 0.15) is 31.2 Å². The first-order valence-electron chi connectivity index (χ1n) is 8.55. The second kappa shape index (κ2) is 14.1. The Kier molecular flexibility index (Phi) is 12.6. The van der Waals surface area contributed by atoms with Gasteiger partial charge in [-0.2, -0.15) is 0 Å². The summed E-state index contributed by atoms with van der Waals surface area (Å²) in [6.45, 7) is 0.168. The molecule has 0 aliphatic carbocycles. The van der Waals surface area contributed by atoms with Gasteiger partial charge in [-0.25, -0.2) is 0 Å². The maximum absolute atomic E-state index is 11.0. The number of aliphatic carboxylic acids is 4. The highest BCUT2D eigenvalue weighted by atomic mass is 16.4. The Hall–Kier alpha value is -2.98. The zero-order valence-corrected chi connectivity index (χ0v) is 15.3. The molecule has 28 heavy (non-hydrogen) atoms. The molecule has 0 spiro atoms. The van der Waals surface area contributed by atoms with Crippen molar-refractivity contribution in [3.05, 3.63) is 35.9 Å². The summed E-state index contributed by atoms with van der Waals surface area (Å²) in [7, 11) is 0. The summed E-state index contributed by atoms with van der Waals surface area (Å²) in [5, 5.41) is 36.5. The Morgan fingerprint density at radius 2 is 1.43 bits per heavy atom. The van der Waals surface area contributed by atoms with Crippen LogP contribution in [0.4, 0.5) is 0 Å². The number of rotatable bonds is 12. The predicted octanol–water partition coefficient (Wildman–Crippen LogP) is 0.400. The Balaban J connectivity index is 0.000000621. The molecule has 0 fully saturated rings. The average molecular weight is 398 g/mol. The molecule has 7 N–H and O–H groups in total. The molecule has 0 aromatic heterocycles. The molecule has 10 heteroatoms. The molecule has 0 heterocycles. The Morgan fingerprint density at radius 1 is 0.857 bits per heavy atom. The summed E-state index contributed by atoms with van der Waals surface area (Å²) >= 11 is 0. The van der Waals surface area contributed by atoms with Crippen molar-refractivity contribution in [2.75, 3.05) is 6.54 Å². The normalized spacial score (nSPS) is 12.2. The lowest BCUT2D eigenvalue weighted by Gasteiger charge is -2.13. The molecule has 2 atom stereocenters. The zero-order chi connectivity index (χ0) is 21.5. The van der Waals surface area contributed by atoms with Crippen LogP contribution in [0.15, 0.2) is 30.3 Å². The van der Waals surface area contributed by atoms with Crippen molar-refractivity contribution in [2.45, 2.75) is 44.2 Å². The summed E-state index contributed by atoms with van der Waals surface area (Å²) < 4.78 is 0. The van der Waals surface area contributed by atoms with Gasteiger partial charge in [0.1, 0.15) is 12.1 Å². The first-order chi connectivity index (χ1) is 13.1. The van der Waals surface area contributed by atoms with Crippen LogP contribution < -0.4 is 11.1 Å². The van der Waals surface area contributed by atoms with Crippen molar-refractivity contribution in [1.82, 2.24) is 5.32 Å². The van der Waals surface area contributed by atoms with E-state index in [1.807, 2.05) is 30.3 Å². The molecule has 0 amide bonds. The monoisotopic (exact) mass is 398 g/mol. The number of carboxylic acids is 4. The fraction of sp³-hybridized carbons (Fsp3) is 0.444. The molecule has 156 valence electrons. The number of benzene rings is 1. The van der Waals surface area contributed by atoms with Crippen LogP contribution in [0.2, 0.25) is 0 Å². The number of hydrogen-bond donors (Lipinski definition) is 6. The highest BCUT2D eigenvalue weighted by molar-refractivity contribution is 5.74. The third-order valence-electron chi connectivity index (χ3n) is 3.58. The van der Waals surface area contributed by atoms with Crippen molar-refractivity contribution in [2.24, 2.45) is 5.73 Å². The zero-order valence-electron chi connectivity index (χ0n) is 15.3. The second-order valence-electron chi connectivity index (χ2n) is 5.89. The first kappa shape index (κ1) is 25.0. The van der Waals surface area contributed by atoms with E-state index in [1.54, 1.807) is 0 Å². The Morgan fingerprint density at radius 3 is 1.89 bits per heavy atom. The summed E-state index contributed by atoms with van der Waals surface area (Å²) in [6.07, 6.45) is 0.796.